The molecule has 4 aromatic carbocycles. The van der Waals surface area contributed by atoms with Crippen molar-refractivity contribution >= 4 is 11.4 Å². The van der Waals surface area contributed by atoms with Gasteiger partial charge in [-0.05, 0) is 70.5 Å². The molecule has 0 radical (unpaired) electrons. The summed E-state index contributed by atoms with van der Waals surface area (Å²) in [6.45, 7) is 0. The van der Waals surface area contributed by atoms with Crippen LogP contribution < -0.4 is 11.5 Å². The summed E-state index contributed by atoms with van der Waals surface area (Å²) < 4.78 is 0. The van der Waals surface area contributed by atoms with Gasteiger partial charge in [0.2, 0.25) is 0 Å². The van der Waals surface area contributed by atoms with Gasteiger partial charge in [-0.3, -0.25) is 0 Å². The highest BCUT2D eigenvalue weighted by Gasteiger charge is 2.10. The summed E-state index contributed by atoms with van der Waals surface area (Å²) in [5.74, 6) is 0. The minimum Gasteiger partial charge on any atom is -0.399 e. The van der Waals surface area contributed by atoms with Crippen LogP contribution in [0, 0.1) is 0 Å². The molecule has 0 saturated carbocycles. The van der Waals surface area contributed by atoms with Crippen molar-refractivity contribution in [2.45, 2.75) is 12.8 Å². The van der Waals surface area contributed by atoms with E-state index in [1.807, 2.05) is 24.3 Å². The standard InChI is InChI=1S/C26H24N2/c27-23-13-9-19(10-14-23)17-21-5-1-3-7-25(21)26-8-4-2-6-22(26)18-20-11-15-24(28)16-12-20/h1-16H,17-18,27-28H2. The van der Waals surface area contributed by atoms with Crippen molar-refractivity contribution in [3.63, 3.8) is 0 Å². The van der Waals surface area contributed by atoms with Gasteiger partial charge in [0.15, 0.2) is 0 Å². The Morgan fingerprint density at radius 2 is 0.786 bits per heavy atom. The lowest BCUT2D eigenvalue weighted by Crippen LogP contribution is -1.97. The van der Waals surface area contributed by atoms with E-state index in [9.17, 15) is 0 Å². The smallest absolute Gasteiger partial charge is 0.0314 e. The third kappa shape index (κ3) is 4.07. The predicted octanol–water partition coefficient (Wildman–Crippen LogP) is 5.70. The lowest BCUT2D eigenvalue weighted by Gasteiger charge is -2.15. The summed E-state index contributed by atoms with van der Waals surface area (Å²) in [6.07, 6.45) is 1.76. The number of rotatable bonds is 5. The van der Waals surface area contributed by atoms with Gasteiger partial charge in [0.25, 0.3) is 0 Å². The number of anilines is 2. The van der Waals surface area contributed by atoms with E-state index >= 15 is 0 Å². The summed E-state index contributed by atoms with van der Waals surface area (Å²) in [6, 6.07) is 33.6. The van der Waals surface area contributed by atoms with Crippen molar-refractivity contribution in [2.24, 2.45) is 0 Å². The molecule has 0 amide bonds. The third-order valence-electron chi connectivity index (χ3n) is 5.07. The molecule has 0 aliphatic rings. The van der Waals surface area contributed by atoms with Gasteiger partial charge < -0.3 is 11.5 Å². The molecule has 0 bridgehead atoms. The molecule has 0 atom stereocenters. The van der Waals surface area contributed by atoms with Crippen LogP contribution >= 0.6 is 0 Å². The van der Waals surface area contributed by atoms with E-state index in [1.165, 1.54) is 33.4 Å². The lowest BCUT2D eigenvalue weighted by atomic mass is 9.90. The van der Waals surface area contributed by atoms with Gasteiger partial charge >= 0.3 is 0 Å². The monoisotopic (exact) mass is 364 g/mol. The largest absolute Gasteiger partial charge is 0.399 e. The van der Waals surface area contributed by atoms with Crippen LogP contribution in [-0.4, -0.2) is 0 Å². The molecule has 0 aliphatic heterocycles. The van der Waals surface area contributed by atoms with E-state index in [0.29, 0.717) is 0 Å². The lowest BCUT2D eigenvalue weighted by molar-refractivity contribution is 1.17. The normalized spacial score (nSPS) is 10.7. The highest BCUT2D eigenvalue weighted by molar-refractivity contribution is 5.71. The second-order valence-electron chi connectivity index (χ2n) is 7.15. The molecule has 4 N–H and O–H groups in total. The third-order valence-corrected chi connectivity index (χ3v) is 5.07. The Hall–Kier alpha value is -3.52. The number of nitrogen functional groups attached to an aromatic ring is 2. The number of hydrogen-bond donors (Lipinski definition) is 2. The number of hydrogen-bond acceptors (Lipinski definition) is 2. The second kappa shape index (κ2) is 8.01. The zero-order chi connectivity index (χ0) is 19.3. The molecule has 0 saturated heterocycles. The van der Waals surface area contributed by atoms with Gasteiger partial charge in [-0.1, -0.05) is 72.8 Å². The van der Waals surface area contributed by atoms with Gasteiger partial charge in [-0.25, -0.2) is 0 Å². The first-order valence-electron chi connectivity index (χ1n) is 9.54. The summed E-state index contributed by atoms with van der Waals surface area (Å²) >= 11 is 0. The van der Waals surface area contributed by atoms with Crippen LogP contribution in [0.1, 0.15) is 22.3 Å². The van der Waals surface area contributed by atoms with Crippen molar-refractivity contribution < 1.29 is 0 Å². The van der Waals surface area contributed by atoms with Crippen molar-refractivity contribution in [2.75, 3.05) is 11.5 Å². The summed E-state index contributed by atoms with van der Waals surface area (Å²) in [5.41, 5.74) is 21.0. The molecule has 0 aliphatic carbocycles. The zero-order valence-corrected chi connectivity index (χ0v) is 15.8. The summed E-state index contributed by atoms with van der Waals surface area (Å²) in [7, 11) is 0. The van der Waals surface area contributed by atoms with Crippen LogP contribution in [0.4, 0.5) is 11.4 Å². The van der Waals surface area contributed by atoms with Crippen LogP contribution in [-0.2, 0) is 12.8 Å². The van der Waals surface area contributed by atoms with Crippen molar-refractivity contribution in [1.82, 2.24) is 0 Å². The Bertz CT molecular complexity index is 975. The van der Waals surface area contributed by atoms with Gasteiger partial charge in [-0.15, -0.1) is 0 Å². The molecule has 4 aromatic rings. The molecule has 0 heterocycles. The molecule has 0 unspecified atom stereocenters. The maximum absolute atomic E-state index is 5.84. The minimum absolute atomic E-state index is 0.797. The molecule has 2 nitrogen and oxygen atoms in total. The maximum Gasteiger partial charge on any atom is 0.0314 e. The SMILES string of the molecule is Nc1ccc(Cc2ccccc2-c2ccccc2Cc2ccc(N)cc2)cc1. The van der Waals surface area contributed by atoms with E-state index in [-0.39, 0.29) is 0 Å². The van der Waals surface area contributed by atoms with Crippen LogP contribution in [0.3, 0.4) is 0 Å². The molecular formula is C26H24N2. The maximum atomic E-state index is 5.84. The fourth-order valence-corrected chi connectivity index (χ4v) is 3.59. The van der Waals surface area contributed by atoms with Gasteiger partial charge in [0.1, 0.15) is 0 Å². The highest BCUT2D eigenvalue weighted by Crippen LogP contribution is 2.30. The molecule has 0 aromatic heterocycles. The predicted molar refractivity (Wildman–Crippen MR) is 119 cm³/mol. The molecule has 0 fully saturated rings. The van der Waals surface area contributed by atoms with Gasteiger partial charge in [0.05, 0.1) is 0 Å². The van der Waals surface area contributed by atoms with Gasteiger partial charge in [-0.2, -0.15) is 0 Å². The first kappa shape index (κ1) is 17.9. The first-order valence-corrected chi connectivity index (χ1v) is 9.54. The topological polar surface area (TPSA) is 52.0 Å². The quantitative estimate of drug-likeness (QED) is 0.446. The van der Waals surface area contributed by atoms with E-state index in [2.05, 4.69) is 72.8 Å². The Labute approximate surface area is 166 Å². The van der Waals surface area contributed by atoms with E-state index in [4.69, 9.17) is 11.5 Å². The van der Waals surface area contributed by atoms with Crippen molar-refractivity contribution in [3.8, 4) is 11.1 Å². The molecule has 2 heteroatoms. The Morgan fingerprint density at radius 3 is 1.18 bits per heavy atom. The van der Waals surface area contributed by atoms with Crippen LogP contribution in [0.25, 0.3) is 11.1 Å². The second-order valence-corrected chi connectivity index (χ2v) is 7.15. The van der Waals surface area contributed by atoms with Crippen LogP contribution in [0.5, 0.6) is 0 Å². The van der Waals surface area contributed by atoms with E-state index < -0.39 is 0 Å². The Balaban J connectivity index is 1.69. The van der Waals surface area contributed by atoms with E-state index in [1.54, 1.807) is 0 Å². The Kier molecular flexibility index (Phi) is 5.11. The summed E-state index contributed by atoms with van der Waals surface area (Å²) in [5, 5.41) is 0. The van der Waals surface area contributed by atoms with Crippen molar-refractivity contribution in [3.05, 3.63) is 119 Å². The number of nitrogens with two attached hydrogens (primary N) is 2. The average molecular weight is 364 g/mol. The molecular weight excluding hydrogens is 340 g/mol. The first-order chi connectivity index (χ1) is 13.7. The molecule has 0 spiro atoms. The molecule has 138 valence electrons. The zero-order valence-electron chi connectivity index (χ0n) is 15.8. The van der Waals surface area contributed by atoms with Crippen molar-refractivity contribution in [1.29, 1.82) is 0 Å². The summed E-state index contributed by atoms with van der Waals surface area (Å²) in [4.78, 5) is 0. The minimum atomic E-state index is 0.797. The van der Waals surface area contributed by atoms with Crippen LogP contribution in [0.2, 0.25) is 0 Å². The fraction of sp³-hybridized carbons (Fsp3) is 0.0769. The van der Waals surface area contributed by atoms with E-state index in [0.717, 1.165) is 24.2 Å². The highest BCUT2D eigenvalue weighted by atomic mass is 14.5. The van der Waals surface area contributed by atoms with Crippen LogP contribution in [0.15, 0.2) is 97.1 Å². The van der Waals surface area contributed by atoms with Gasteiger partial charge in [0, 0.05) is 11.4 Å². The Morgan fingerprint density at radius 1 is 0.429 bits per heavy atom. The number of benzene rings is 4. The molecule has 4 rings (SSSR count). The fourth-order valence-electron chi connectivity index (χ4n) is 3.59. The average Bonchev–Trinajstić information content (AvgIpc) is 2.72. The molecule has 28 heavy (non-hydrogen) atoms.